The Morgan fingerprint density at radius 2 is 1.84 bits per heavy atom. The van der Waals surface area contributed by atoms with Gasteiger partial charge < -0.3 is 9.88 Å². The van der Waals surface area contributed by atoms with Gasteiger partial charge >= 0.3 is 0 Å². The maximum atomic E-state index is 13.2. The number of aromatic amines is 1. The van der Waals surface area contributed by atoms with Crippen LogP contribution in [0.25, 0.3) is 10.9 Å². The van der Waals surface area contributed by atoms with E-state index in [1.807, 2.05) is 0 Å². The van der Waals surface area contributed by atoms with Gasteiger partial charge in [0.1, 0.15) is 0 Å². The summed E-state index contributed by atoms with van der Waals surface area (Å²) in [6.07, 6.45) is 8.14. The maximum Gasteiger partial charge on any atom is 0.261 e. The second kappa shape index (κ2) is 6.41. The minimum atomic E-state index is -0.135. The maximum absolute atomic E-state index is 13.2. The van der Waals surface area contributed by atoms with Gasteiger partial charge in [-0.25, -0.2) is 0 Å². The van der Waals surface area contributed by atoms with E-state index < -0.39 is 0 Å². The Balaban J connectivity index is 1.72. The van der Waals surface area contributed by atoms with E-state index in [-0.39, 0.29) is 11.5 Å². The SMILES string of the molecule is Cn1c(=S)[nH]c2cc(C(=O)N(C3CCCCC3)C3CC3)ccc2c1=O. The Labute approximate surface area is 151 Å². The minimum absolute atomic E-state index is 0.0938. The van der Waals surface area contributed by atoms with Crippen LogP contribution in [0.15, 0.2) is 23.0 Å². The number of fused-ring (bicyclic) bond motifs is 1. The summed E-state index contributed by atoms with van der Waals surface area (Å²) in [6, 6.07) is 6.07. The molecule has 5 nitrogen and oxygen atoms in total. The number of aromatic nitrogens is 2. The Hall–Kier alpha value is -1.95. The quantitative estimate of drug-likeness (QED) is 0.855. The molecule has 0 bridgehead atoms. The van der Waals surface area contributed by atoms with E-state index in [0.29, 0.717) is 33.3 Å². The summed E-state index contributed by atoms with van der Waals surface area (Å²) < 4.78 is 1.78. The van der Waals surface area contributed by atoms with Crippen LogP contribution in [-0.2, 0) is 7.05 Å². The van der Waals surface area contributed by atoms with Gasteiger partial charge in [-0.3, -0.25) is 14.2 Å². The minimum Gasteiger partial charge on any atom is -0.333 e. The average molecular weight is 357 g/mol. The van der Waals surface area contributed by atoms with E-state index in [0.717, 1.165) is 25.7 Å². The molecular weight excluding hydrogens is 334 g/mol. The van der Waals surface area contributed by atoms with Crippen molar-refractivity contribution in [1.29, 1.82) is 0 Å². The molecule has 0 saturated heterocycles. The molecule has 0 aliphatic heterocycles. The molecule has 6 heteroatoms. The Morgan fingerprint density at radius 3 is 2.52 bits per heavy atom. The van der Waals surface area contributed by atoms with Gasteiger partial charge in [-0.15, -0.1) is 0 Å². The van der Waals surface area contributed by atoms with Crippen molar-refractivity contribution in [2.75, 3.05) is 0 Å². The molecule has 1 aromatic heterocycles. The molecule has 2 aromatic rings. The Morgan fingerprint density at radius 1 is 1.16 bits per heavy atom. The third-order valence-corrected chi connectivity index (χ3v) is 5.87. The van der Waals surface area contributed by atoms with Gasteiger partial charge in [0.05, 0.1) is 10.9 Å². The second-order valence-corrected chi connectivity index (χ2v) is 7.68. The molecular formula is C19H23N3O2S. The highest BCUT2D eigenvalue weighted by Crippen LogP contribution is 2.35. The molecule has 2 aliphatic carbocycles. The summed E-state index contributed by atoms with van der Waals surface area (Å²) in [7, 11) is 1.65. The second-order valence-electron chi connectivity index (χ2n) is 7.29. The number of H-pyrrole nitrogens is 1. The number of carbonyl (C=O) groups is 1. The number of benzene rings is 1. The zero-order valence-electron chi connectivity index (χ0n) is 14.5. The number of nitrogens with one attached hydrogen (secondary N) is 1. The van der Waals surface area contributed by atoms with Crippen molar-refractivity contribution in [2.24, 2.45) is 7.05 Å². The standard InChI is InChI=1S/C19H23N3O2S/c1-21-18(24)15-10-7-12(11-16(15)20-19(21)25)17(23)22(14-8-9-14)13-5-3-2-4-6-13/h7,10-11,13-14H,2-6,8-9H2,1H3,(H,20,25). The first-order valence-corrected chi connectivity index (χ1v) is 9.53. The third kappa shape index (κ3) is 3.03. The molecule has 1 N–H and O–H groups in total. The highest BCUT2D eigenvalue weighted by Gasteiger charge is 2.38. The van der Waals surface area contributed by atoms with E-state index >= 15 is 0 Å². The molecule has 132 valence electrons. The van der Waals surface area contributed by atoms with Crippen LogP contribution in [0.2, 0.25) is 0 Å². The highest BCUT2D eigenvalue weighted by atomic mass is 32.1. The first kappa shape index (κ1) is 16.5. The van der Waals surface area contributed by atoms with E-state index in [4.69, 9.17) is 12.2 Å². The van der Waals surface area contributed by atoms with Crippen LogP contribution in [0.5, 0.6) is 0 Å². The van der Waals surface area contributed by atoms with Crippen LogP contribution < -0.4 is 5.56 Å². The number of carbonyl (C=O) groups excluding carboxylic acids is 1. The van der Waals surface area contributed by atoms with Gasteiger partial charge in [-0.1, -0.05) is 19.3 Å². The topological polar surface area (TPSA) is 58.1 Å². The molecule has 25 heavy (non-hydrogen) atoms. The summed E-state index contributed by atoms with van der Waals surface area (Å²) in [5, 5.41) is 0.559. The van der Waals surface area contributed by atoms with Crippen molar-refractivity contribution < 1.29 is 4.79 Å². The molecule has 0 radical (unpaired) electrons. The van der Waals surface area contributed by atoms with Crippen LogP contribution in [0, 0.1) is 4.77 Å². The lowest BCUT2D eigenvalue weighted by Crippen LogP contribution is -2.43. The van der Waals surface area contributed by atoms with Gasteiger partial charge in [0.2, 0.25) is 0 Å². The zero-order chi connectivity index (χ0) is 17.6. The van der Waals surface area contributed by atoms with Gasteiger partial charge in [0.15, 0.2) is 4.77 Å². The molecule has 2 saturated carbocycles. The number of amides is 1. The van der Waals surface area contributed by atoms with Gasteiger partial charge in [-0.2, -0.15) is 0 Å². The van der Waals surface area contributed by atoms with Crippen molar-refractivity contribution in [3.63, 3.8) is 0 Å². The van der Waals surface area contributed by atoms with Crippen LogP contribution in [-0.4, -0.2) is 32.4 Å². The van der Waals surface area contributed by atoms with E-state index in [2.05, 4.69) is 9.88 Å². The molecule has 1 amide bonds. The number of hydrogen-bond acceptors (Lipinski definition) is 3. The number of nitrogens with zero attached hydrogens (tertiary/aromatic N) is 2. The molecule has 2 aliphatic rings. The fourth-order valence-corrected chi connectivity index (χ4v) is 4.12. The molecule has 4 rings (SSSR count). The fraction of sp³-hybridized carbons (Fsp3) is 0.526. The lowest BCUT2D eigenvalue weighted by molar-refractivity contribution is 0.0614. The van der Waals surface area contributed by atoms with Crippen molar-refractivity contribution in [2.45, 2.75) is 57.0 Å². The van der Waals surface area contributed by atoms with Gasteiger partial charge in [0, 0.05) is 24.7 Å². The van der Waals surface area contributed by atoms with Crippen molar-refractivity contribution in [3.05, 3.63) is 38.9 Å². The number of rotatable bonds is 3. The van der Waals surface area contributed by atoms with Gasteiger partial charge in [-0.05, 0) is 56.1 Å². The third-order valence-electron chi connectivity index (χ3n) is 5.49. The fourth-order valence-electron chi connectivity index (χ4n) is 3.93. The summed E-state index contributed by atoms with van der Waals surface area (Å²) >= 11 is 5.19. The van der Waals surface area contributed by atoms with Gasteiger partial charge in [0.25, 0.3) is 11.5 Å². The predicted octanol–water partition coefficient (Wildman–Crippen LogP) is 3.53. The van der Waals surface area contributed by atoms with Crippen LogP contribution in [0.4, 0.5) is 0 Å². The predicted molar refractivity (Wildman–Crippen MR) is 100 cm³/mol. The zero-order valence-corrected chi connectivity index (χ0v) is 15.3. The largest absolute Gasteiger partial charge is 0.333 e. The van der Waals surface area contributed by atoms with Crippen LogP contribution in [0.1, 0.15) is 55.3 Å². The normalized spacial score (nSPS) is 18.4. The van der Waals surface area contributed by atoms with Crippen molar-refractivity contribution in [1.82, 2.24) is 14.5 Å². The van der Waals surface area contributed by atoms with E-state index in [9.17, 15) is 9.59 Å². The first-order chi connectivity index (χ1) is 12.1. The van der Waals surface area contributed by atoms with Crippen molar-refractivity contribution >= 4 is 29.0 Å². The van der Waals surface area contributed by atoms with Crippen LogP contribution in [0.3, 0.4) is 0 Å². The molecule has 1 heterocycles. The lowest BCUT2D eigenvalue weighted by Gasteiger charge is -2.34. The van der Waals surface area contributed by atoms with E-state index in [1.54, 1.807) is 25.2 Å². The smallest absolute Gasteiger partial charge is 0.261 e. The summed E-state index contributed by atoms with van der Waals surface area (Å²) in [6.45, 7) is 0. The summed E-state index contributed by atoms with van der Waals surface area (Å²) in [5.41, 5.74) is 1.14. The Kier molecular flexibility index (Phi) is 4.23. The average Bonchev–Trinajstić information content (AvgIpc) is 3.45. The van der Waals surface area contributed by atoms with E-state index in [1.165, 1.54) is 23.8 Å². The molecule has 0 atom stereocenters. The van der Waals surface area contributed by atoms with Crippen molar-refractivity contribution in [3.8, 4) is 0 Å². The molecule has 0 spiro atoms. The monoisotopic (exact) mass is 357 g/mol. The number of hydrogen-bond donors (Lipinski definition) is 1. The first-order valence-electron chi connectivity index (χ1n) is 9.12. The summed E-state index contributed by atoms with van der Waals surface area (Å²) in [4.78, 5) is 30.7. The lowest BCUT2D eigenvalue weighted by atomic mass is 9.93. The highest BCUT2D eigenvalue weighted by molar-refractivity contribution is 7.71. The summed E-state index contributed by atoms with van der Waals surface area (Å²) in [5.74, 6) is 0.0938. The van der Waals surface area contributed by atoms with Crippen LogP contribution >= 0.6 is 12.2 Å². The molecule has 0 unspecified atom stereocenters. The molecule has 2 fully saturated rings. The molecule has 1 aromatic carbocycles. The Bertz CT molecular complexity index is 936.